The third-order valence-corrected chi connectivity index (χ3v) is 8.35. The molecule has 34 heavy (non-hydrogen) atoms. The van der Waals surface area contributed by atoms with E-state index in [0.29, 0.717) is 46.6 Å². The first-order chi connectivity index (χ1) is 16.6. The Balaban J connectivity index is 1.59. The maximum absolute atomic E-state index is 15.3. The van der Waals surface area contributed by atoms with Crippen LogP contribution in [0.3, 0.4) is 0 Å². The molecule has 7 nitrogen and oxygen atoms in total. The van der Waals surface area contributed by atoms with E-state index < -0.39 is 5.82 Å². The van der Waals surface area contributed by atoms with Gasteiger partial charge in [0.05, 0.1) is 40.6 Å². The first kappa shape index (κ1) is 23.2. The smallest absolute Gasteiger partial charge is 0.133 e. The number of hydrogen-bond donors (Lipinski definition) is 1. The zero-order valence-corrected chi connectivity index (χ0v) is 21.1. The van der Waals surface area contributed by atoms with E-state index in [0.717, 1.165) is 29.5 Å². The summed E-state index contributed by atoms with van der Waals surface area (Å²) in [6.45, 7) is 6.60. The molecule has 1 aliphatic heterocycles. The van der Waals surface area contributed by atoms with Gasteiger partial charge in [0, 0.05) is 41.7 Å². The van der Waals surface area contributed by atoms with Crippen molar-refractivity contribution in [1.82, 2.24) is 19.9 Å². The number of halogens is 2. The van der Waals surface area contributed by atoms with Gasteiger partial charge in [-0.05, 0) is 23.3 Å². The fourth-order valence-electron chi connectivity index (χ4n) is 3.95. The average Bonchev–Trinajstić information content (AvgIpc) is 3.37. The van der Waals surface area contributed by atoms with Gasteiger partial charge in [-0.15, -0.1) is 11.3 Å². The number of pyridine rings is 1. The Morgan fingerprint density at radius 2 is 2.06 bits per heavy atom. The van der Waals surface area contributed by atoms with E-state index in [-0.39, 0.29) is 10.5 Å². The van der Waals surface area contributed by atoms with Gasteiger partial charge in [0.2, 0.25) is 0 Å². The van der Waals surface area contributed by atoms with Crippen molar-refractivity contribution in [3.05, 3.63) is 70.3 Å². The number of aliphatic hydroxyl groups is 1. The number of benzene rings is 1. The van der Waals surface area contributed by atoms with E-state index >= 15 is 4.39 Å². The summed E-state index contributed by atoms with van der Waals surface area (Å²) in [7, 11) is 0. The lowest BCUT2D eigenvalue weighted by Gasteiger charge is -2.27. The molecule has 1 unspecified atom stereocenters. The molecule has 174 valence electrons. The summed E-state index contributed by atoms with van der Waals surface area (Å²) in [5.41, 5.74) is 3.73. The number of nitrogens with zero attached hydrogens (tertiary/aromatic N) is 5. The zero-order chi connectivity index (χ0) is 23.7. The van der Waals surface area contributed by atoms with Crippen LogP contribution in [0.1, 0.15) is 25.8 Å². The molecule has 1 aliphatic rings. The second kappa shape index (κ2) is 9.98. The highest BCUT2D eigenvalue weighted by molar-refractivity contribution is 14.1. The molecule has 1 N–H and O–H groups in total. The minimum absolute atomic E-state index is 0.116. The number of morpholine rings is 1. The van der Waals surface area contributed by atoms with Crippen molar-refractivity contribution < 1.29 is 14.2 Å². The molecule has 0 spiro atoms. The molecule has 1 atom stereocenters. The number of aromatic nitrogens is 4. The molecular weight excluding hydrogens is 568 g/mol. The van der Waals surface area contributed by atoms with Crippen LogP contribution >= 0.6 is 33.9 Å². The molecule has 4 heterocycles. The second-order valence-electron chi connectivity index (χ2n) is 7.74. The second-order valence-corrected chi connectivity index (χ2v) is 9.88. The minimum atomic E-state index is -0.394. The molecule has 0 bridgehead atoms. The number of aliphatic hydroxyl groups excluding tert-OH is 1. The van der Waals surface area contributed by atoms with Gasteiger partial charge in [-0.3, -0.25) is 0 Å². The van der Waals surface area contributed by atoms with Gasteiger partial charge in [-0.1, -0.05) is 35.2 Å². The number of thiazole rings is 1. The molecule has 0 saturated carbocycles. The lowest BCUT2D eigenvalue weighted by atomic mass is 9.97. The Morgan fingerprint density at radius 3 is 2.79 bits per heavy atom. The Morgan fingerprint density at radius 1 is 1.24 bits per heavy atom. The fourth-order valence-corrected chi connectivity index (χ4v) is 5.87. The highest BCUT2D eigenvalue weighted by Crippen LogP contribution is 2.39. The lowest BCUT2D eigenvalue weighted by molar-refractivity contribution is 0.122. The van der Waals surface area contributed by atoms with Crippen LogP contribution in [-0.2, 0) is 11.3 Å². The maximum atomic E-state index is 15.3. The zero-order valence-electron chi connectivity index (χ0n) is 18.1. The minimum Gasteiger partial charge on any atom is -0.390 e. The number of alkyl halides is 1. The molecule has 1 fully saturated rings. The van der Waals surface area contributed by atoms with Crippen molar-refractivity contribution in [2.75, 3.05) is 31.2 Å². The van der Waals surface area contributed by atoms with Crippen LogP contribution in [0.15, 0.2) is 42.7 Å². The molecule has 0 aliphatic carbocycles. The Kier molecular flexibility index (Phi) is 6.82. The lowest BCUT2D eigenvalue weighted by Crippen LogP contribution is -2.36. The van der Waals surface area contributed by atoms with Gasteiger partial charge < -0.3 is 14.7 Å². The number of anilines is 1. The monoisotopic (exact) mass is 589 g/mol. The molecule has 3 aromatic heterocycles. The van der Waals surface area contributed by atoms with Crippen LogP contribution in [0.5, 0.6) is 0 Å². The Hall–Kier alpha value is -2.54. The van der Waals surface area contributed by atoms with E-state index in [1.54, 1.807) is 18.3 Å². The highest BCUT2D eigenvalue weighted by atomic mass is 127. The normalized spacial score (nSPS) is 15.0. The van der Waals surface area contributed by atoms with E-state index in [1.807, 2.05) is 11.4 Å². The fraction of sp³-hybridized carbons (Fsp3) is 0.250. The topological polar surface area (TPSA) is 84.3 Å². The van der Waals surface area contributed by atoms with E-state index in [2.05, 4.69) is 54.0 Å². The van der Waals surface area contributed by atoms with Crippen molar-refractivity contribution in [3.8, 4) is 11.3 Å². The predicted octanol–water partition coefficient (Wildman–Crippen LogP) is 4.78. The summed E-state index contributed by atoms with van der Waals surface area (Å²) < 4.78 is 20.6. The molecule has 0 radical (unpaired) electrons. The molecule has 10 heteroatoms. The maximum Gasteiger partial charge on any atom is 0.133 e. The third kappa shape index (κ3) is 4.42. The van der Waals surface area contributed by atoms with Crippen LogP contribution in [0, 0.1) is 5.82 Å². The molecule has 4 aromatic rings. The largest absolute Gasteiger partial charge is 0.390 e. The van der Waals surface area contributed by atoms with Gasteiger partial charge in [-0.2, -0.15) is 0 Å². The van der Waals surface area contributed by atoms with Crippen LogP contribution < -0.4 is 4.90 Å². The van der Waals surface area contributed by atoms with E-state index in [1.165, 1.54) is 23.7 Å². The van der Waals surface area contributed by atoms with Gasteiger partial charge in [0.25, 0.3) is 0 Å². The number of rotatable bonds is 6. The van der Waals surface area contributed by atoms with Gasteiger partial charge in [0.15, 0.2) is 0 Å². The number of ether oxygens (including phenoxy) is 1. The van der Waals surface area contributed by atoms with Crippen molar-refractivity contribution >= 4 is 56.7 Å². The summed E-state index contributed by atoms with van der Waals surface area (Å²) in [4.78, 5) is 20.1. The number of fused-ring (bicyclic) bond motifs is 1. The van der Waals surface area contributed by atoms with Crippen LogP contribution in [0.4, 0.5) is 10.2 Å². The highest BCUT2D eigenvalue weighted by Gasteiger charge is 2.22. The predicted molar refractivity (Wildman–Crippen MR) is 140 cm³/mol. The molecule has 5 rings (SSSR count). The van der Waals surface area contributed by atoms with Crippen molar-refractivity contribution in [3.63, 3.8) is 0 Å². The SMILES string of the molecule is C=Cc1cc(F)c(-c2ncnc3cc(N4CCOCC4)ncc23)cc1C(I)c1nc(CO)cs1. The molecule has 1 aromatic carbocycles. The van der Waals surface area contributed by atoms with Crippen LogP contribution in [-0.4, -0.2) is 51.3 Å². The van der Waals surface area contributed by atoms with Crippen molar-refractivity contribution in [1.29, 1.82) is 0 Å². The van der Waals surface area contributed by atoms with Gasteiger partial charge in [0.1, 0.15) is 23.0 Å². The summed E-state index contributed by atoms with van der Waals surface area (Å²) in [6.07, 6.45) is 4.81. The van der Waals surface area contributed by atoms with E-state index in [4.69, 9.17) is 4.74 Å². The first-order valence-electron chi connectivity index (χ1n) is 10.7. The Bertz CT molecular complexity index is 1360. The van der Waals surface area contributed by atoms with E-state index in [9.17, 15) is 5.11 Å². The third-order valence-electron chi connectivity index (χ3n) is 5.71. The van der Waals surface area contributed by atoms with Gasteiger partial charge >= 0.3 is 0 Å². The summed E-state index contributed by atoms with van der Waals surface area (Å²) >= 11 is 3.75. The number of hydrogen-bond acceptors (Lipinski definition) is 8. The van der Waals surface area contributed by atoms with Gasteiger partial charge in [-0.25, -0.2) is 24.3 Å². The molecule has 1 saturated heterocycles. The summed E-state index contributed by atoms with van der Waals surface area (Å²) in [6, 6.07) is 5.20. The quantitative estimate of drug-likeness (QED) is 0.256. The molecule has 0 amide bonds. The van der Waals surface area contributed by atoms with Crippen molar-refractivity contribution in [2.24, 2.45) is 0 Å². The Labute approximate surface area is 213 Å². The van der Waals surface area contributed by atoms with Crippen LogP contribution in [0.25, 0.3) is 28.2 Å². The standard InChI is InChI=1S/C24H21FIN5O2S/c1-2-14-7-19(25)17(8-16(14)22(26)24-30-15(11-32)12-34-24)23-18-10-27-21(9-20(18)28-13-29-23)31-3-5-33-6-4-31/h2,7-10,12-13,22,32H,1,3-6,11H2. The summed E-state index contributed by atoms with van der Waals surface area (Å²) in [5.74, 6) is 0.425. The first-order valence-corrected chi connectivity index (χ1v) is 12.8. The van der Waals surface area contributed by atoms with Crippen LogP contribution in [0.2, 0.25) is 0 Å². The average molecular weight is 589 g/mol. The summed E-state index contributed by atoms with van der Waals surface area (Å²) in [5, 5.41) is 12.7. The van der Waals surface area contributed by atoms with Crippen molar-refractivity contribution in [2.45, 2.75) is 10.5 Å². The molecular formula is C24H21FIN5O2S.